The van der Waals surface area contributed by atoms with E-state index in [4.69, 9.17) is 4.74 Å². The van der Waals surface area contributed by atoms with Crippen LogP contribution < -0.4 is 10.2 Å². The summed E-state index contributed by atoms with van der Waals surface area (Å²) in [5.41, 5.74) is 1.76. The lowest BCUT2D eigenvalue weighted by molar-refractivity contribution is -0.120. The molecular weight excluding hydrogens is 482 g/mol. The third-order valence-electron chi connectivity index (χ3n) is 8.25. The molecule has 3 aliphatic rings. The molecule has 9 nitrogen and oxygen atoms in total. The van der Waals surface area contributed by atoms with Crippen LogP contribution in [0.2, 0.25) is 0 Å². The first-order chi connectivity index (χ1) is 18.0. The minimum atomic E-state index is -0.457. The average molecular weight is 524 g/mol. The number of nitrogens with one attached hydrogen (secondary N) is 1. The molecule has 9 heteroatoms. The molecule has 0 bridgehead atoms. The summed E-state index contributed by atoms with van der Waals surface area (Å²) in [6.45, 7) is 13.2. The number of anilines is 1. The Balaban J connectivity index is 1.15. The van der Waals surface area contributed by atoms with Crippen LogP contribution >= 0.6 is 0 Å². The van der Waals surface area contributed by atoms with Crippen LogP contribution in [0.15, 0.2) is 30.5 Å². The van der Waals surface area contributed by atoms with Crippen LogP contribution in [0.1, 0.15) is 65.8 Å². The summed E-state index contributed by atoms with van der Waals surface area (Å²) in [5.74, 6) is -0.218. The van der Waals surface area contributed by atoms with Gasteiger partial charge in [0.25, 0.3) is 0 Å². The van der Waals surface area contributed by atoms with Crippen LogP contribution in [-0.2, 0) is 9.53 Å². The first-order valence-corrected chi connectivity index (χ1v) is 13.9. The number of carbonyl (C=O) groups excluding carboxylic acids is 3. The van der Waals surface area contributed by atoms with Gasteiger partial charge in [-0.05, 0) is 76.1 Å². The number of hydrogen-bond donors (Lipinski definition) is 1. The SMILES string of the molecule is CC1(CN2CCC(n3ccc4cc(N5CCC(=O)NC5=O)ccc43)CC2)CCN(C(=O)OC(C)(C)C)CC1. The van der Waals surface area contributed by atoms with Gasteiger partial charge < -0.3 is 19.1 Å². The molecule has 3 aliphatic heterocycles. The van der Waals surface area contributed by atoms with Crippen molar-refractivity contribution in [3.63, 3.8) is 0 Å². The Morgan fingerprint density at radius 3 is 2.42 bits per heavy atom. The smallest absolute Gasteiger partial charge is 0.410 e. The fraction of sp³-hybridized carbons (Fsp3) is 0.621. The molecule has 3 saturated heterocycles. The summed E-state index contributed by atoms with van der Waals surface area (Å²) in [7, 11) is 0. The molecule has 0 unspecified atom stereocenters. The van der Waals surface area contributed by atoms with Gasteiger partial charge in [-0.1, -0.05) is 6.92 Å². The van der Waals surface area contributed by atoms with Gasteiger partial charge in [0.1, 0.15) is 5.60 Å². The first kappa shape index (κ1) is 26.5. The zero-order valence-corrected chi connectivity index (χ0v) is 23.2. The first-order valence-electron chi connectivity index (χ1n) is 13.9. The summed E-state index contributed by atoms with van der Waals surface area (Å²) >= 11 is 0. The number of hydrogen-bond acceptors (Lipinski definition) is 5. The predicted molar refractivity (Wildman–Crippen MR) is 147 cm³/mol. The normalized spacial score (nSPS) is 21.6. The zero-order chi connectivity index (χ0) is 27.1. The van der Waals surface area contributed by atoms with Crippen molar-refractivity contribution in [3.05, 3.63) is 30.5 Å². The highest BCUT2D eigenvalue weighted by molar-refractivity contribution is 6.06. The van der Waals surface area contributed by atoms with E-state index in [1.807, 2.05) is 37.8 Å². The van der Waals surface area contributed by atoms with Crippen molar-refractivity contribution in [2.45, 2.75) is 71.4 Å². The van der Waals surface area contributed by atoms with Gasteiger partial charge in [0.15, 0.2) is 0 Å². The molecule has 3 fully saturated rings. The van der Waals surface area contributed by atoms with Crippen molar-refractivity contribution >= 4 is 34.6 Å². The Hall–Kier alpha value is -3.07. The fourth-order valence-corrected chi connectivity index (χ4v) is 6.06. The molecule has 0 aliphatic carbocycles. The third kappa shape index (κ3) is 5.82. The van der Waals surface area contributed by atoms with Crippen LogP contribution in [0.5, 0.6) is 0 Å². The van der Waals surface area contributed by atoms with Crippen molar-refractivity contribution in [1.82, 2.24) is 19.7 Å². The van der Waals surface area contributed by atoms with Crippen LogP contribution in [0.25, 0.3) is 10.9 Å². The summed E-state index contributed by atoms with van der Waals surface area (Å²) in [6, 6.07) is 8.34. The topological polar surface area (TPSA) is 87.1 Å². The standard InChI is InChI=1S/C29H41N5O4/c1-28(2,3)38-27(37)32-17-11-29(4,12-18-32)20-31-13-8-22(9-14-31)33-15-7-21-19-23(5-6-24(21)33)34-16-10-25(35)30-26(34)36/h5-7,15,19,22H,8-14,16-18,20H2,1-4H3,(H,30,35,36). The van der Waals surface area contributed by atoms with E-state index in [-0.39, 0.29) is 23.4 Å². The molecule has 2 aromatic rings. The molecule has 4 heterocycles. The second-order valence-electron chi connectivity index (χ2n) is 12.5. The van der Waals surface area contributed by atoms with E-state index in [0.717, 1.165) is 69.5 Å². The molecule has 5 rings (SSSR count). The molecular formula is C29H41N5O4. The van der Waals surface area contributed by atoms with E-state index in [0.29, 0.717) is 19.0 Å². The Labute approximate surface area is 225 Å². The number of carbonyl (C=O) groups is 3. The Morgan fingerprint density at radius 2 is 1.76 bits per heavy atom. The lowest BCUT2D eigenvalue weighted by Gasteiger charge is -2.44. The molecule has 0 radical (unpaired) electrons. The number of fused-ring (bicyclic) bond motifs is 1. The number of benzene rings is 1. The molecule has 1 aromatic heterocycles. The third-order valence-corrected chi connectivity index (χ3v) is 8.25. The van der Waals surface area contributed by atoms with Crippen LogP contribution in [0, 0.1) is 5.41 Å². The molecule has 0 atom stereocenters. The van der Waals surface area contributed by atoms with Crippen molar-refractivity contribution in [2.75, 3.05) is 44.2 Å². The number of piperidine rings is 2. The monoisotopic (exact) mass is 523 g/mol. The molecule has 0 spiro atoms. The van der Waals surface area contributed by atoms with Gasteiger partial charge in [-0.2, -0.15) is 0 Å². The highest BCUT2D eigenvalue weighted by Crippen LogP contribution is 2.35. The van der Waals surface area contributed by atoms with Crippen molar-refractivity contribution in [3.8, 4) is 0 Å². The highest BCUT2D eigenvalue weighted by atomic mass is 16.6. The Bertz CT molecular complexity index is 1200. The number of likely N-dealkylation sites (tertiary alicyclic amines) is 2. The second-order valence-corrected chi connectivity index (χ2v) is 12.5. The average Bonchev–Trinajstić information content (AvgIpc) is 3.27. The molecule has 206 valence electrons. The maximum Gasteiger partial charge on any atom is 0.410 e. The number of rotatable bonds is 4. The quantitative estimate of drug-likeness (QED) is 0.624. The van der Waals surface area contributed by atoms with Gasteiger partial charge in [0.2, 0.25) is 5.91 Å². The van der Waals surface area contributed by atoms with Crippen LogP contribution in [0.3, 0.4) is 0 Å². The van der Waals surface area contributed by atoms with E-state index in [1.54, 1.807) is 4.90 Å². The molecule has 4 amide bonds. The minimum Gasteiger partial charge on any atom is -0.444 e. The van der Waals surface area contributed by atoms with Crippen molar-refractivity contribution < 1.29 is 19.1 Å². The van der Waals surface area contributed by atoms with Crippen molar-refractivity contribution in [2.24, 2.45) is 5.41 Å². The highest BCUT2D eigenvalue weighted by Gasteiger charge is 2.36. The largest absolute Gasteiger partial charge is 0.444 e. The van der Waals surface area contributed by atoms with E-state index in [2.05, 4.69) is 40.0 Å². The minimum absolute atomic E-state index is 0.194. The number of nitrogens with zero attached hydrogens (tertiary/aromatic N) is 4. The number of amides is 4. The zero-order valence-electron chi connectivity index (χ0n) is 23.2. The molecule has 38 heavy (non-hydrogen) atoms. The van der Waals surface area contributed by atoms with Gasteiger partial charge in [0, 0.05) is 74.5 Å². The predicted octanol–water partition coefficient (Wildman–Crippen LogP) is 4.76. The van der Waals surface area contributed by atoms with Crippen LogP contribution in [-0.4, -0.2) is 77.3 Å². The van der Waals surface area contributed by atoms with Crippen LogP contribution in [0.4, 0.5) is 15.3 Å². The summed E-state index contributed by atoms with van der Waals surface area (Å²) in [4.78, 5) is 42.3. The van der Waals surface area contributed by atoms with Gasteiger partial charge >= 0.3 is 12.1 Å². The maximum absolute atomic E-state index is 12.4. The number of aromatic nitrogens is 1. The lowest BCUT2D eigenvalue weighted by atomic mass is 9.79. The van der Waals surface area contributed by atoms with Gasteiger partial charge in [0.05, 0.1) is 0 Å². The number of imide groups is 1. The number of urea groups is 1. The Morgan fingerprint density at radius 1 is 1.05 bits per heavy atom. The van der Waals surface area contributed by atoms with E-state index in [1.165, 1.54) is 5.52 Å². The summed E-state index contributed by atoms with van der Waals surface area (Å²) in [5, 5.41) is 3.51. The molecule has 1 N–H and O–H groups in total. The maximum atomic E-state index is 12.4. The van der Waals surface area contributed by atoms with Gasteiger partial charge in [-0.15, -0.1) is 0 Å². The van der Waals surface area contributed by atoms with Gasteiger partial charge in [-0.25, -0.2) is 9.59 Å². The summed E-state index contributed by atoms with van der Waals surface area (Å²) in [6.07, 6.45) is 6.50. The second kappa shape index (κ2) is 10.2. The van der Waals surface area contributed by atoms with Crippen molar-refractivity contribution in [1.29, 1.82) is 0 Å². The lowest BCUT2D eigenvalue weighted by Crippen LogP contribution is -2.49. The molecule has 1 aromatic carbocycles. The summed E-state index contributed by atoms with van der Waals surface area (Å²) < 4.78 is 7.95. The fourth-order valence-electron chi connectivity index (χ4n) is 6.06. The van der Waals surface area contributed by atoms with E-state index in [9.17, 15) is 14.4 Å². The Kier molecular flexibility index (Phi) is 7.15. The van der Waals surface area contributed by atoms with E-state index < -0.39 is 5.60 Å². The number of ether oxygens (including phenoxy) is 1. The van der Waals surface area contributed by atoms with Gasteiger partial charge in [-0.3, -0.25) is 15.0 Å². The van der Waals surface area contributed by atoms with E-state index >= 15 is 0 Å². The molecule has 0 saturated carbocycles.